The first-order valence-corrected chi connectivity index (χ1v) is 5.65. The third-order valence-corrected chi connectivity index (χ3v) is 2.46. The number of nitrogens with zero attached hydrogens (tertiary/aromatic N) is 3. The maximum Gasteiger partial charge on any atom is 0.246 e. The summed E-state index contributed by atoms with van der Waals surface area (Å²) < 4.78 is 0. The first-order valence-electron chi connectivity index (χ1n) is 5.27. The molecule has 0 bridgehead atoms. The Kier molecular flexibility index (Phi) is 3.78. The largest absolute Gasteiger partial charge is 0.350 e. The van der Waals surface area contributed by atoms with Crippen LogP contribution in [0.1, 0.15) is 0 Å². The Labute approximate surface area is 109 Å². The number of nitrogens with one attached hydrogen (secondary N) is 2. The van der Waals surface area contributed by atoms with Crippen molar-refractivity contribution in [1.82, 2.24) is 15.0 Å². The van der Waals surface area contributed by atoms with E-state index in [0.717, 1.165) is 0 Å². The minimum Gasteiger partial charge on any atom is -0.350 e. The van der Waals surface area contributed by atoms with Gasteiger partial charge in [-0.1, -0.05) is 11.6 Å². The quantitative estimate of drug-likeness (QED) is 0.879. The van der Waals surface area contributed by atoms with Crippen molar-refractivity contribution in [1.29, 1.82) is 0 Å². The molecule has 2 rings (SSSR count). The molecule has 6 nitrogen and oxygen atoms in total. The molecule has 0 saturated heterocycles. The smallest absolute Gasteiger partial charge is 0.246 e. The lowest BCUT2D eigenvalue weighted by molar-refractivity contribution is -0.115. The predicted octanol–water partition coefficient (Wildman–Crippen LogP) is 1.53. The van der Waals surface area contributed by atoms with Gasteiger partial charge in [-0.3, -0.25) is 10.1 Å². The zero-order valence-electron chi connectivity index (χ0n) is 9.72. The van der Waals surface area contributed by atoms with Crippen LogP contribution < -0.4 is 10.2 Å². The van der Waals surface area contributed by atoms with Crippen LogP contribution in [0.2, 0.25) is 5.02 Å². The maximum absolute atomic E-state index is 11.7. The highest BCUT2D eigenvalue weighted by Gasteiger charge is 2.09. The molecule has 2 N–H and O–H groups in total. The van der Waals surface area contributed by atoms with Crippen LogP contribution in [0.4, 0.5) is 11.8 Å². The number of anilines is 2. The predicted molar refractivity (Wildman–Crippen MR) is 69.7 cm³/mol. The number of imidazole rings is 1. The van der Waals surface area contributed by atoms with Gasteiger partial charge in [0.2, 0.25) is 11.9 Å². The van der Waals surface area contributed by atoms with Crippen LogP contribution in [0.15, 0.2) is 30.7 Å². The van der Waals surface area contributed by atoms with Crippen molar-refractivity contribution >= 4 is 29.3 Å². The second-order valence-corrected chi connectivity index (χ2v) is 4.11. The van der Waals surface area contributed by atoms with Gasteiger partial charge in [0.05, 0.1) is 11.6 Å². The minimum atomic E-state index is -0.177. The van der Waals surface area contributed by atoms with E-state index in [1.54, 1.807) is 36.5 Å². The number of likely N-dealkylation sites (N-methyl/N-ethyl adjacent to an activating group) is 1. The molecule has 0 aliphatic carbocycles. The van der Waals surface area contributed by atoms with Crippen molar-refractivity contribution in [2.75, 3.05) is 23.8 Å². The van der Waals surface area contributed by atoms with Crippen molar-refractivity contribution in [3.63, 3.8) is 0 Å². The Morgan fingerprint density at radius 1 is 1.50 bits per heavy atom. The summed E-state index contributed by atoms with van der Waals surface area (Å²) in [6.07, 6.45) is 4.75. The van der Waals surface area contributed by atoms with Crippen LogP contribution in [0.3, 0.4) is 0 Å². The number of aromatic amines is 1. The lowest BCUT2D eigenvalue weighted by atomic mass is 10.4. The number of aromatic nitrogens is 3. The molecule has 0 aliphatic rings. The van der Waals surface area contributed by atoms with Gasteiger partial charge < -0.3 is 9.88 Å². The molecule has 94 valence electrons. The molecule has 0 aromatic carbocycles. The van der Waals surface area contributed by atoms with Gasteiger partial charge in [0.15, 0.2) is 0 Å². The SMILES string of the molecule is CN(CC(=O)Nc1ncc[nH]1)c1ccc(Cl)cn1. The van der Waals surface area contributed by atoms with Crippen LogP contribution in [-0.4, -0.2) is 34.5 Å². The van der Waals surface area contributed by atoms with Gasteiger partial charge in [-0.2, -0.15) is 0 Å². The number of H-pyrrole nitrogens is 1. The van der Waals surface area contributed by atoms with E-state index in [4.69, 9.17) is 11.6 Å². The van der Waals surface area contributed by atoms with Crippen molar-refractivity contribution in [2.45, 2.75) is 0 Å². The zero-order chi connectivity index (χ0) is 13.0. The summed E-state index contributed by atoms with van der Waals surface area (Å²) >= 11 is 5.74. The number of halogens is 1. The van der Waals surface area contributed by atoms with E-state index in [1.807, 2.05) is 0 Å². The Balaban J connectivity index is 1.92. The molecule has 18 heavy (non-hydrogen) atoms. The van der Waals surface area contributed by atoms with Crippen LogP contribution in [0.25, 0.3) is 0 Å². The van der Waals surface area contributed by atoms with E-state index >= 15 is 0 Å². The minimum absolute atomic E-state index is 0.176. The molecular weight excluding hydrogens is 254 g/mol. The van der Waals surface area contributed by atoms with E-state index in [9.17, 15) is 4.79 Å². The Bertz CT molecular complexity index is 511. The molecule has 0 radical (unpaired) electrons. The number of carbonyl (C=O) groups is 1. The van der Waals surface area contributed by atoms with Crippen LogP contribution in [-0.2, 0) is 4.79 Å². The van der Waals surface area contributed by atoms with Crippen molar-refractivity contribution in [3.05, 3.63) is 35.7 Å². The molecule has 7 heteroatoms. The molecule has 2 aromatic rings. The van der Waals surface area contributed by atoms with E-state index in [1.165, 1.54) is 6.20 Å². The number of pyridine rings is 1. The first-order chi connectivity index (χ1) is 8.65. The zero-order valence-corrected chi connectivity index (χ0v) is 10.5. The summed E-state index contributed by atoms with van der Waals surface area (Å²) in [4.78, 5) is 24.2. The topological polar surface area (TPSA) is 73.9 Å². The average molecular weight is 266 g/mol. The van der Waals surface area contributed by atoms with Crippen LogP contribution in [0, 0.1) is 0 Å². The van der Waals surface area contributed by atoms with Gasteiger partial charge in [-0.15, -0.1) is 0 Å². The van der Waals surface area contributed by atoms with E-state index < -0.39 is 0 Å². The van der Waals surface area contributed by atoms with Crippen LogP contribution in [0.5, 0.6) is 0 Å². The number of carbonyl (C=O) groups excluding carboxylic acids is 1. The van der Waals surface area contributed by atoms with Crippen molar-refractivity contribution in [3.8, 4) is 0 Å². The maximum atomic E-state index is 11.7. The molecule has 0 spiro atoms. The molecule has 2 heterocycles. The molecule has 2 aromatic heterocycles. The van der Waals surface area contributed by atoms with Crippen LogP contribution >= 0.6 is 11.6 Å². The first kappa shape index (κ1) is 12.4. The van der Waals surface area contributed by atoms with Gasteiger partial charge >= 0.3 is 0 Å². The summed E-state index contributed by atoms with van der Waals surface area (Å²) in [7, 11) is 1.78. The fourth-order valence-corrected chi connectivity index (χ4v) is 1.51. The Morgan fingerprint density at radius 3 is 2.94 bits per heavy atom. The van der Waals surface area contributed by atoms with Crippen molar-refractivity contribution < 1.29 is 4.79 Å². The number of hydrogen-bond donors (Lipinski definition) is 2. The number of rotatable bonds is 4. The molecule has 0 unspecified atom stereocenters. The lowest BCUT2D eigenvalue weighted by Gasteiger charge is -2.16. The fraction of sp³-hybridized carbons (Fsp3) is 0.182. The summed E-state index contributed by atoms with van der Waals surface area (Å²) in [5.41, 5.74) is 0. The van der Waals surface area contributed by atoms with Gasteiger partial charge in [0.25, 0.3) is 0 Å². The van der Waals surface area contributed by atoms with Crippen molar-refractivity contribution in [2.24, 2.45) is 0 Å². The lowest BCUT2D eigenvalue weighted by Crippen LogP contribution is -2.30. The third kappa shape index (κ3) is 3.21. The van der Waals surface area contributed by atoms with Gasteiger partial charge in [0.1, 0.15) is 5.82 Å². The molecule has 0 atom stereocenters. The molecule has 0 aliphatic heterocycles. The van der Waals surface area contributed by atoms with Gasteiger partial charge in [-0.05, 0) is 12.1 Å². The number of hydrogen-bond acceptors (Lipinski definition) is 4. The fourth-order valence-electron chi connectivity index (χ4n) is 1.40. The summed E-state index contributed by atoms with van der Waals surface area (Å²) in [5.74, 6) is 0.927. The standard InChI is InChI=1S/C11H12ClN5O/c1-17(9-3-2-8(12)6-15-9)7-10(18)16-11-13-4-5-14-11/h2-6H,7H2,1H3,(H2,13,14,16,18). The second kappa shape index (κ2) is 5.50. The average Bonchev–Trinajstić information content (AvgIpc) is 2.82. The highest BCUT2D eigenvalue weighted by Crippen LogP contribution is 2.12. The molecule has 0 fully saturated rings. The summed E-state index contributed by atoms with van der Waals surface area (Å²) in [6.45, 7) is 0.176. The van der Waals surface area contributed by atoms with E-state index in [0.29, 0.717) is 16.8 Å². The second-order valence-electron chi connectivity index (χ2n) is 3.68. The Morgan fingerprint density at radius 2 is 2.33 bits per heavy atom. The van der Waals surface area contributed by atoms with E-state index in [2.05, 4.69) is 20.3 Å². The molecule has 0 saturated carbocycles. The molecular formula is C11H12ClN5O. The highest BCUT2D eigenvalue weighted by atomic mass is 35.5. The number of amides is 1. The monoisotopic (exact) mass is 265 g/mol. The van der Waals surface area contributed by atoms with E-state index in [-0.39, 0.29) is 12.5 Å². The summed E-state index contributed by atoms with van der Waals surface area (Å²) in [5, 5.41) is 3.20. The van der Waals surface area contributed by atoms with Gasteiger partial charge in [0, 0.05) is 25.6 Å². The Hall–Kier alpha value is -2.08. The highest BCUT2D eigenvalue weighted by molar-refractivity contribution is 6.30. The summed E-state index contributed by atoms with van der Waals surface area (Å²) in [6, 6.07) is 3.48. The van der Waals surface area contributed by atoms with Gasteiger partial charge in [-0.25, -0.2) is 9.97 Å². The normalized spacial score (nSPS) is 10.1. The third-order valence-electron chi connectivity index (χ3n) is 2.24. The molecule has 1 amide bonds.